The van der Waals surface area contributed by atoms with Crippen LogP contribution in [-0.2, 0) is 0 Å². The molecule has 1 N–H and O–H groups in total. The molecule has 0 heterocycles. The first-order valence-corrected chi connectivity index (χ1v) is 4.81. The number of allylic oxidation sites excluding steroid dienone is 2. The minimum absolute atomic E-state index is 0.417. The number of carboxylic acids is 1. The lowest BCUT2D eigenvalue weighted by Gasteiger charge is -2.05. The molecule has 0 atom stereocenters. The quantitative estimate of drug-likeness (QED) is 0.774. The monoisotopic (exact) mass is 188 g/mol. The Morgan fingerprint density at radius 2 is 2.07 bits per heavy atom. The summed E-state index contributed by atoms with van der Waals surface area (Å²) in [4.78, 5) is 11.0. The Hall–Kier alpha value is -1.57. The summed E-state index contributed by atoms with van der Waals surface area (Å²) in [5.74, 6) is -0.839. The van der Waals surface area contributed by atoms with Crippen molar-refractivity contribution in [2.75, 3.05) is 0 Å². The van der Waals surface area contributed by atoms with Gasteiger partial charge in [-0.15, -0.1) is 0 Å². The topological polar surface area (TPSA) is 37.3 Å². The van der Waals surface area contributed by atoms with E-state index in [0.717, 1.165) is 24.8 Å². The Bertz CT molecular complexity index is 391. The third-order valence-corrected chi connectivity index (χ3v) is 2.54. The van der Waals surface area contributed by atoms with E-state index < -0.39 is 5.97 Å². The molecule has 14 heavy (non-hydrogen) atoms. The number of hydrogen-bond donors (Lipinski definition) is 1. The molecule has 0 radical (unpaired) electrons. The summed E-state index contributed by atoms with van der Waals surface area (Å²) in [6.07, 6.45) is 5.36. The third kappa shape index (κ3) is 1.55. The summed E-state index contributed by atoms with van der Waals surface area (Å²) in [6, 6.07) is 7.21. The molecule has 0 aliphatic heterocycles. The van der Waals surface area contributed by atoms with E-state index >= 15 is 0 Å². The number of carboxylic acid groups (broad SMARTS) is 1. The lowest BCUT2D eigenvalue weighted by atomic mass is 9.99. The Balaban J connectivity index is 2.46. The average Bonchev–Trinajstić information content (AvgIpc) is 2.70. The molecule has 0 unspecified atom stereocenters. The highest BCUT2D eigenvalue weighted by atomic mass is 16.4. The summed E-state index contributed by atoms with van der Waals surface area (Å²) in [5.41, 5.74) is 2.49. The molecule has 0 aromatic heterocycles. The maximum absolute atomic E-state index is 11.0. The van der Waals surface area contributed by atoms with E-state index in [4.69, 9.17) is 5.11 Å². The summed E-state index contributed by atoms with van der Waals surface area (Å²) in [6.45, 7) is 0. The van der Waals surface area contributed by atoms with E-state index in [-0.39, 0.29) is 0 Å². The zero-order valence-electron chi connectivity index (χ0n) is 7.86. The molecule has 1 aromatic rings. The highest BCUT2D eigenvalue weighted by molar-refractivity contribution is 5.94. The first-order valence-electron chi connectivity index (χ1n) is 4.81. The van der Waals surface area contributed by atoms with Gasteiger partial charge in [0, 0.05) is 0 Å². The van der Waals surface area contributed by atoms with Crippen LogP contribution in [0.4, 0.5) is 0 Å². The molecule has 1 aliphatic rings. The van der Waals surface area contributed by atoms with Gasteiger partial charge in [-0.1, -0.05) is 24.3 Å². The van der Waals surface area contributed by atoms with Gasteiger partial charge in [0.2, 0.25) is 0 Å². The maximum atomic E-state index is 11.0. The molecule has 0 saturated carbocycles. The van der Waals surface area contributed by atoms with E-state index in [1.807, 2.05) is 12.1 Å². The van der Waals surface area contributed by atoms with Crippen molar-refractivity contribution in [2.45, 2.75) is 19.3 Å². The molecule has 0 fully saturated rings. The maximum Gasteiger partial charge on any atom is 0.336 e. The Morgan fingerprint density at radius 3 is 2.71 bits per heavy atom. The van der Waals surface area contributed by atoms with Gasteiger partial charge < -0.3 is 5.11 Å². The van der Waals surface area contributed by atoms with E-state index in [1.165, 1.54) is 5.57 Å². The van der Waals surface area contributed by atoms with Crippen molar-refractivity contribution in [1.29, 1.82) is 0 Å². The molecule has 2 rings (SSSR count). The van der Waals surface area contributed by atoms with Crippen LogP contribution in [0.5, 0.6) is 0 Å². The van der Waals surface area contributed by atoms with E-state index in [9.17, 15) is 4.79 Å². The van der Waals surface area contributed by atoms with E-state index in [0.29, 0.717) is 5.56 Å². The number of rotatable bonds is 2. The number of carbonyl (C=O) groups is 1. The number of aromatic carboxylic acids is 1. The zero-order valence-corrected chi connectivity index (χ0v) is 7.86. The van der Waals surface area contributed by atoms with Gasteiger partial charge in [0.15, 0.2) is 0 Å². The van der Waals surface area contributed by atoms with Crippen LogP contribution in [0.25, 0.3) is 5.57 Å². The van der Waals surface area contributed by atoms with Gasteiger partial charge in [-0.2, -0.15) is 0 Å². The van der Waals surface area contributed by atoms with Gasteiger partial charge in [0.05, 0.1) is 5.56 Å². The molecule has 72 valence electrons. The van der Waals surface area contributed by atoms with Gasteiger partial charge in [0.1, 0.15) is 0 Å². The fourth-order valence-corrected chi connectivity index (χ4v) is 1.87. The van der Waals surface area contributed by atoms with Crippen molar-refractivity contribution in [2.24, 2.45) is 0 Å². The zero-order chi connectivity index (χ0) is 9.97. The Kier molecular flexibility index (Phi) is 2.35. The van der Waals surface area contributed by atoms with Crippen LogP contribution in [0, 0.1) is 0 Å². The van der Waals surface area contributed by atoms with E-state index in [1.54, 1.807) is 12.1 Å². The average molecular weight is 188 g/mol. The molecule has 2 heteroatoms. The first kappa shape index (κ1) is 9.00. The third-order valence-electron chi connectivity index (χ3n) is 2.54. The van der Waals surface area contributed by atoms with Crippen LogP contribution in [0.1, 0.15) is 35.2 Å². The molecule has 2 nitrogen and oxygen atoms in total. The predicted molar refractivity (Wildman–Crippen MR) is 55.2 cm³/mol. The van der Waals surface area contributed by atoms with Gasteiger partial charge in [0.25, 0.3) is 0 Å². The number of benzene rings is 1. The molecule has 0 bridgehead atoms. The van der Waals surface area contributed by atoms with Crippen molar-refractivity contribution < 1.29 is 9.90 Å². The lowest BCUT2D eigenvalue weighted by Crippen LogP contribution is -2.00. The van der Waals surface area contributed by atoms with Crippen LogP contribution < -0.4 is 0 Å². The van der Waals surface area contributed by atoms with Gasteiger partial charge in [-0.25, -0.2) is 4.79 Å². The van der Waals surface area contributed by atoms with Crippen LogP contribution in [0.3, 0.4) is 0 Å². The fourth-order valence-electron chi connectivity index (χ4n) is 1.87. The molecular formula is C12H12O2. The minimum atomic E-state index is -0.839. The highest BCUT2D eigenvalue weighted by Crippen LogP contribution is 2.29. The second-order valence-electron chi connectivity index (χ2n) is 3.47. The first-order chi connectivity index (χ1) is 6.79. The van der Waals surface area contributed by atoms with Gasteiger partial charge >= 0.3 is 5.97 Å². The van der Waals surface area contributed by atoms with Crippen molar-refractivity contribution in [3.8, 4) is 0 Å². The standard InChI is InChI=1S/C12H12O2/c13-12(14)11-8-4-3-7-10(11)9-5-1-2-6-9/h3-5,7-8H,1-2,6H2,(H,13,14). The highest BCUT2D eigenvalue weighted by Gasteiger charge is 2.14. The molecule has 1 aromatic carbocycles. The normalized spacial score (nSPS) is 15.3. The van der Waals surface area contributed by atoms with Crippen molar-refractivity contribution >= 4 is 11.5 Å². The smallest absolute Gasteiger partial charge is 0.336 e. The SMILES string of the molecule is O=C(O)c1ccccc1C1=CCCC1. The lowest BCUT2D eigenvalue weighted by molar-refractivity contribution is 0.0696. The van der Waals surface area contributed by atoms with Crippen molar-refractivity contribution in [1.82, 2.24) is 0 Å². The van der Waals surface area contributed by atoms with Crippen LogP contribution in [-0.4, -0.2) is 11.1 Å². The molecule has 0 amide bonds. The summed E-state index contributed by atoms with van der Waals surface area (Å²) < 4.78 is 0. The minimum Gasteiger partial charge on any atom is -0.478 e. The summed E-state index contributed by atoms with van der Waals surface area (Å²) in [5, 5.41) is 9.00. The van der Waals surface area contributed by atoms with Crippen LogP contribution in [0.15, 0.2) is 30.3 Å². The van der Waals surface area contributed by atoms with Crippen LogP contribution in [0.2, 0.25) is 0 Å². The second-order valence-corrected chi connectivity index (χ2v) is 3.47. The molecule has 0 spiro atoms. The Morgan fingerprint density at radius 1 is 1.29 bits per heavy atom. The fraction of sp³-hybridized carbons (Fsp3) is 0.250. The molecular weight excluding hydrogens is 176 g/mol. The van der Waals surface area contributed by atoms with Crippen molar-refractivity contribution in [3.63, 3.8) is 0 Å². The van der Waals surface area contributed by atoms with Crippen LogP contribution >= 0.6 is 0 Å². The predicted octanol–water partition coefficient (Wildman–Crippen LogP) is 2.95. The second kappa shape index (κ2) is 3.66. The largest absolute Gasteiger partial charge is 0.478 e. The summed E-state index contributed by atoms with van der Waals surface area (Å²) in [7, 11) is 0. The molecule has 0 saturated heterocycles. The Labute approximate surface area is 82.9 Å². The van der Waals surface area contributed by atoms with Gasteiger partial charge in [-0.05, 0) is 36.5 Å². The van der Waals surface area contributed by atoms with Crippen molar-refractivity contribution in [3.05, 3.63) is 41.5 Å². The van der Waals surface area contributed by atoms with Gasteiger partial charge in [-0.3, -0.25) is 0 Å². The van der Waals surface area contributed by atoms with E-state index in [2.05, 4.69) is 6.08 Å². The number of hydrogen-bond acceptors (Lipinski definition) is 1. The summed E-state index contributed by atoms with van der Waals surface area (Å²) >= 11 is 0. The molecule has 1 aliphatic carbocycles.